The van der Waals surface area contributed by atoms with Crippen LogP contribution in [0, 0.1) is 25.2 Å². The number of benzene rings is 1. The monoisotopic (exact) mass is 429 g/mol. The zero-order valence-corrected chi connectivity index (χ0v) is 18.2. The molecule has 3 rings (SSSR count). The van der Waals surface area contributed by atoms with Gasteiger partial charge in [0.1, 0.15) is 11.9 Å². The normalized spacial score (nSPS) is 10.6. The summed E-state index contributed by atoms with van der Waals surface area (Å²) in [5.74, 6) is 0.589. The van der Waals surface area contributed by atoms with Crippen LogP contribution in [0.4, 0.5) is 5.82 Å². The van der Waals surface area contributed by atoms with Gasteiger partial charge in [-0.1, -0.05) is 65.2 Å². The molecule has 1 amide bonds. The Hall–Kier alpha value is -2.28. The molecule has 0 spiro atoms. The third kappa shape index (κ3) is 4.58. The first kappa shape index (κ1) is 20.5. The van der Waals surface area contributed by atoms with Gasteiger partial charge in [0.05, 0.1) is 11.3 Å². The summed E-state index contributed by atoms with van der Waals surface area (Å²) < 4.78 is 3.62. The SMILES string of the molecule is CSc1nnc(SCC(=O)Nc2c(C#N)c(C)c(C)n2Cc2ccccc2)s1. The highest BCUT2D eigenvalue weighted by molar-refractivity contribution is 8.03. The van der Waals surface area contributed by atoms with E-state index in [0.29, 0.717) is 17.9 Å². The van der Waals surface area contributed by atoms with Gasteiger partial charge in [-0.3, -0.25) is 4.79 Å². The predicted octanol–water partition coefficient (Wildman–Crippen LogP) is 4.33. The fourth-order valence-electron chi connectivity index (χ4n) is 2.73. The van der Waals surface area contributed by atoms with Crippen LogP contribution in [0.15, 0.2) is 39.0 Å². The summed E-state index contributed by atoms with van der Waals surface area (Å²) in [6.07, 6.45) is 1.94. The first-order chi connectivity index (χ1) is 13.5. The molecule has 1 N–H and O–H groups in total. The Morgan fingerprint density at radius 1 is 1.25 bits per heavy atom. The van der Waals surface area contributed by atoms with Gasteiger partial charge in [-0.15, -0.1) is 10.2 Å². The fourth-order valence-corrected chi connectivity index (χ4v) is 4.97. The second-order valence-electron chi connectivity index (χ2n) is 5.99. The van der Waals surface area contributed by atoms with E-state index >= 15 is 0 Å². The van der Waals surface area contributed by atoms with E-state index < -0.39 is 0 Å². The first-order valence-corrected chi connectivity index (χ1v) is 11.5. The van der Waals surface area contributed by atoms with Crippen LogP contribution in [-0.4, -0.2) is 32.7 Å². The summed E-state index contributed by atoms with van der Waals surface area (Å²) in [7, 11) is 0. The van der Waals surface area contributed by atoms with Crippen molar-refractivity contribution in [3.8, 4) is 6.07 Å². The van der Waals surface area contributed by atoms with Gasteiger partial charge in [-0.25, -0.2) is 0 Å². The highest BCUT2D eigenvalue weighted by Gasteiger charge is 2.20. The molecule has 2 heterocycles. The Balaban J connectivity index is 1.78. The van der Waals surface area contributed by atoms with Crippen molar-refractivity contribution in [1.29, 1.82) is 5.26 Å². The maximum Gasteiger partial charge on any atom is 0.235 e. The third-order valence-electron chi connectivity index (χ3n) is 4.27. The molecule has 1 aromatic carbocycles. The molecule has 0 bridgehead atoms. The number of amides is 1. The molecule has 0 aliphatic rings. The number of carbonyl (C=O) groups is 1. The number of hydrogen-bond acceptors (Lipinski definition) is 7. The smallest absolute Gasteiger partial charge is 0.235 e. The van der Waals surface area contributed by atoms with Crippen molar-refractivity contribution < 1.29 is 4.79 Å². The van der Waals surface area contributed by atoms with E-state index in [4.69, 9.17) is 0 Å². The van der Waals surface area contributed by atoms with E-state index in [-0.39, 0.29) is 11.7 Å². The predicted molar refractivity (Wildman–Crippen MR) is 115 cm³/mol. The van der Waals surface area contributed by atoms with Gasteiger partial charge in [0.15, 0.2) is 8.68 Å². The third-order valence-corrected chi connectivity index (χ3v) is 7.30. The van der Waals surface area contributed by atoms with Gasteiger partial charge in [0, 0.05) is 12.2 Å². The minimum atomic E-state index is -0.172. The summed E-state index contributed by atoms with van der Waals surface area (Å²) in [6.45, 7) is 4.46. The molecule has 6 nitrogen and oxygen atoms in total. The van der Waals surface area contributed by atoms with Gasteiger partial charge in [0.2, 0.25) is 5.91 Å². The number of rotatable bonds is 7. The Morgan fingerprint density at radius 3 is 2.61 bits per heavy atom. The number of aromatic nitrogens is 3. The molecule has 144 valence electrons. The summed E-state index contributed by atoms with van der Waals surface area (Å²) >= 11 is 4.34. The molecule has 0 saturated heterocycles. The van der Waals surface area contributed by atoms with Crippen molar-refractivity contribution in [1.82, 2.24) is 14.8 Å². The van der Waals surface area contributed by atoms with Crippen LogP contribution in [-0.2, 0) is 11.3 Å². The van der Waals surface area contributed by atoms with Gasteiger partial charge in [-0.2, -0.15) is 5.26 Å². The van der Waals surface area contributed by atoms with Gasteiger partial charge < -0.3 is 9.88 Å². The summed E-state index contributed by atoms with van der Waals surface area (Å²) in [5, 5.41) is 20.6. The number of nitriles is 1. The zero-order valence-electron chi connectivity index (χ0n) is 15.7. The molecule has 0 atom stereocenters. The average molecular weight is 430 g/mol. The standard InChI is InChI=1S/C19H19N5OS3/c1-12-13(2)24(10-14-7-5-4-6-8-14)17(15(12)9-20)21-16(25)11-27-19-23-22-18(26-3)28-19/h4-8H,10-11H2,1-3H3,(H,21,25). The number of anilines is 1. The lowest BCUT2D eigenvalue weighted by Gasteiger charge is -2.13. The molecule has 0 aliphatic carbocycles. The van der Waals surface area contributed by atoms with Crippen molar-refractivity contribution in [2.24, 2.45) is 0 Å². The molecule has 0 fully saturated rings. The maximum absolute atomic E-state index is 12.6. The zero-order chi connectivity index (χ0) is 20.1. The maximum atomic E-state index is 12.6. The van der Waals surface area contributed by atoms with Crippen LogP contribution in [0.3, 0.4) is 0 Å². The molecule has 2 aromatic heterocycles. The van der Waals surface area contributed by atoms with E-state index in [0.717, 1.165) is 25.5 Å². The number of nitrogens with one attached hydrogen (secondary N) is 1. The van der Waals surface area contributed by atoms with Gasteiger partial charge in [-0.05, 0) is 31.2 Å². The molecule has 9 heteroatoms. The van der Waals surface area contributed by atoms with E-state index in [1.54, 1.807) is 0 Å². The van der Waals surface area contributed by atoms with Crippen LogP contribution in [0.1, 0.15) is 22.4 Å². The second-order valence-corrected chi connectivity index (χ2v) is 9.25. The van der Waals surface area contributed by atoms with Crippen molar-refractivity contribution in [3.63, 3.8) is 0 Å². The topological polar surface area (TPSA) is 83.6 Å². The highest BCUT2D eigenvalue weighted by atomic mass is 32.2. The lowest BCUT2D eigenvalue weighted by Crippen LogP contribution is -2.18. The van der Waals surface area contributed by atoms with E-state index in [9.17, 15) is 10.1 Å². The van der Waals surface area contributed by atoms with Crippen LogP contribution in [0.5, 0.6) is 0 Å². The number of nitrogens with zero attached hydrogens (tertiary/aromatic N) is 4. The molecule has 28 heavy (non-hydrogen) atoms. The van der Waals surface area contributed by atoms with E-state index in [1.165, 1.54) is 34.9 Å². The van der Waals surface area contributed by atoms with Gasteiger partial charge >= 0.3 is 0 Å². The Bertz CT molecular complexity index is 1020. The largest absolute Gasteiger partial charge is 0.326 e. The molecule has 0 radical (unpaired) electrons. The fraction of sp³-hybridized carbons (Fsp3) is 0.263. The Morgan fingerprint density at radius 2 is 1.96 bits per heavy atom. The van der Waals surface area contributed by atoms with Gasteiger partial charge in [0.25, 0.3) is 0 Å². The molecular weight excluding hydrogens is 410 g/mol. The van der Waals surface area contributed by atoms with E-state index in [1.807, 2.05) is 55.0 Å². The van der Waals surface area contributed by atoms with Crippen molar-refractivity contribution in [3.05, 3.63) is 52.7 Å². The quantitative estimate of drug-likeness (QED) is 0.563. The molecule has 3 aromatic rings. The minimum absolute atomic E-state index is 0.172. The molecule has 0 saturated carbocycles. The molecule has 0 unspecified atom stereocenters. The van der Waals surface area contributed by atoms with Crippen LogP contribution >= 0.6 is 34.9 Å². The van der Waals surface area contributed by atoms with Crippen molar-refractivity contribution in [2.75, 3.05) is 17.3 Å². The highest BCUT2D eigenvalue weighted by Crippen LogP contribution is 2.29. The van der Waals surface area contributed by atoms with Crippen LogP contribution < -0.4 is 5.32 Å². The van der Waals surface area contributed by atoms with Crippen LogP contribution in [0.25, 0.3) is 0 Å². The summed E-state index contributed by atoms with van der Waals surface area (Å²) in [6, 6.07) is 12.2. The second kappa shape index (κ2) is 9.28. The number of hydrogen-bond donors (Lipinski definition) is 1. The average Bonchev–Trinajstić information content (AvgIpc) is 3.26. The number of carbonyl (C=O) groups excluding carboxylic acids is 1. The Kier molecular flexibility index (Phi) is 6.78. The molecule has 0 aliphatic heterocycles. The molecular formula is C19H19N5OS3. The summed E-state index contributed by atoms with van der Waals surface area (Å²) in [5.41, 5.74) is 3.47. The Labute approximate surface area is 176 Å². The van der Waals surface area contributed by atoms with Crippen LogP contribution in [0.2, 0.25) is 0 Å². The lowest BCUT2D eigenvalue weighted by atomic mass is 10.2. The van der Waals surface area contributed by atoms with Crippen molar-refractivity contribution >= 4 is 46.6 Å². The number of thioether (sulfide) groups is 2. The lowest BCUT2D eigenvalue weighted by molar-refractivity contribution is -0.113. The minimum Gasteiger partial charge on any atom is -0.326 e. The summed E-state index contributed by atoms with van der Waals surface area (Å²) in [4.78, 5) is 12.6. The van der Waals surface area contributed by atoms with Crippen molar-refractivity contribution in [2.45, 2.75) is 29.1 Å². The first-order valence-electron chi connectivity index (χ1n) is 8.47. The van der Waals surface area contributed by atoms with E-state index in [2.05, 4.69) is 21.6 Å².